The van der Waals surface area contributed by atoms with Gasteiger partial charge in [-0.3, -0.25) is 4.79 Å². The number of H-pyrrole nitrogens is 1. The first-order valence-corrected chi connectivity index (χ1v) is 8.37. The molecule has 0 aliphatic carbocycles. The van der Waals surface area contributed by atoms with Gasteiger partial charge in [-0.15, -0.1) is 0 Å². The highest BCUT2D eigenvalue weighted by Gasteiger charge is 2.12. The lowest BCUT2D eigenvalue weighted by Gasteiger charge is -2.19. The second kappa shape index (κ2) is 6.16. The van der Waals surface area contributed by atoms with Gasteiger partial charge in [0.2, 0.25) is 0 Å². The van der Waals surface area contributed by atoms with Crippen LogP contribution in [0, 0.1) is 13.8 Å². The number of pyridine rings is 1. The van der Waals surface area contributed by atoms with Crippen LogP contribution in [-0.4, -0.2) is 18.2 Å². The van der Waals surface area contributed by atoms with Gasteiger partial charge in [-0.2, -0.15) is 0 Å². The molecule has 0 amide bonds. The smallest absolute Gasteiger partial charge is 0.253 e. The number of fused-ring (bicyclic) bond motifs is 2. The maximum atomic E-state index is 12.4. The van der Waals surface area contributed by atoms with Crippen molar-refractivity contribution in [2.24, 2.45) is 0 Å². The molecule has 4 rings (SSSR count). The number of benzene rings is 2. The van der Waals surface area contributed by atoms with Crippen molar-refractivity contribution in [3.63, 3.8) is 0 Å². The topological polar surface area (TPSA) is 63.4 Å². The van der Waals surface area contributed by atoms with Gasteiger partial charge in [0.25, 0.3) is 5.56 Å². The van der Waals surface area contributed by atoms with Gasteiger partial charge >= 0.3 is 0 Å². The van der Waals surface area contributed by atoms with Crippen LogP contribution < -0.4 is 20.3 Å². The molecule has 1 aliphatic rings. The summed E-state index contributed by atoms with van der Waals surface area (Å²) < 4.78 is 11.1. The summed E-state index contributed by atoms with van der Waals surface area (Å²) in [5.41, 5.74) is 4.67. The molecule has 2 N–H and O–H groups in total. The summed E-state index contributed by atoms with van der Waals surface area (Å²) in [6.07, 6.45) is 0. The largest absolute Gasteiger partial charge is 0.486 e. The zero-order valence-corrected chi connectivity index (χ0v) is 14.3. The number of hydrogen-bond donors (Lipinski definition) is 2. The number of nitrogens with one attached hydrogen (secondary N) is 2. The van der Waals surface area contributed by atoms with Gasteiger partial charge in [0.1, 0.15) is 13.2 Å². The summed E-state index contributed by atoms with van der Waals surface area (Å²) >= 11 is 0. The van der Waals surface area contributed by atoms with Crippen molar-refractivity contribution < 1.29 is 9.47 Å². The molecule has 2 heterocycles. The minimum absolute atomic E-state index is 0.0637. The lowest BCUT2D eigenvalue weighted by Crippen LogP contribution is -2.17. The van der Waals surface area contributed by atoms with Crippen LogP contribution in [0.25, 0.3) is 10.9 Å². The zero-order valence-electron chi connectivity index (χ0n) is 14.3. The molecule has 5 heteroatoms. The monoisotopic (exact) mass is 336 g/mol. The van der Waals surface area contributed by atoms with Crippen LogP contribution in [0.2, 0.25) is 0 Å². The summed E-state index contributed by atoms with van der Waals surface area (Å²) in [6.45, 7) is 5.63. The summed E-state index contributed by atoms with van der Waals surface area (Å²) in [4.78, 5) is 15.4. The molecule has 1 aliphatic heterocycles. The van der Waals surface area contributed by atoms with E-state index in [2.05, 4.69) is 23.3 Å². The number of aromatic nitrogens is 1. The van der Waals surface area contributed by atoms with Crippen LogP contribution >= 0.6 is 0 Å². The van der Waals surface area contributed by atoms with Crippen LogP contribution in [-0.2, 0) is 6.54 Å². The molecule has 0 fully saturated rings. The van der Waals surface area contributed by atoms with Crippen LogP contribution in [0.4, 0.5) is 5.69 Å². The Bertz CT molecular complexity index is 1010. The van der Waals surface area contributed by atoms with Gasteiger partial charge < -0.3 is 19.8 Å². The number of anilines is 1. The van der Waals surface area contributed by atoms with Crippen molar-refractivity contribution in [2.45, 2.75) is 20.4 Å². The van der Waals surface area contributed by atoms with E-state index in [9.17, 15) is 4.79 Å². The maximum absolute atomic E-state index is 12.4. The maximum Gasteiger partial charge on any atom is 0.253 e. The SMILES string of the molecule is Cc1ccc(C)c2[nH]c(=O)c(CNc3ccc4c(c3)OCCO4)cc12. The summed E-state index contributed by atoms with van der Waals surface area (Å²) in [5, 5.41) is 4.38. The van der Waals surface area contributed by atoms with Crippen molar-refractivity contribution in [2.75, 3.05) is 18.5 Å². The van der Waals surface area contributed by atoms with Gasteiger partial charge in [0, 0.05) is 29.2 Å². The third kappa shape index (κ3) is 2.93. The third-order valence-electron chi connectivity index (χ3n) is 4.55. The molecule has 5 nitrogen and oxygen atoms in total. The molecule has 0 saturated heterocycles. The minimum atomic E-state index is -0.0637. The van der Waals surface area contributed by atoms with Crippen LogP contribution in [0.3, 0.4) is 0 Å². The highest BCUT2D eigenvalue weighted by molar-refractivity contribution is 5.85. The Morgan fingerprint density at radius 2 is 1.76 bits per heavy atom. The molecule has 0 bridgehead atoms. The van der Waals surface area contributed by atoms with Gasteiger partial charge in [-0.25, -0.2) is 0 Å². The normalized spacial score (nSPS) is 13.0. The van der Waals surface area contributed by atoms with E-state index < -0.39 is 0 Å². The van der Waals surface area contributed by atoms with Gasteiger partial charge in [0.05, 0.1) is 5.52 Å². The van der Waals surface area contributed by atoms with Gasteiger partial charge in [-0.05, 0) is 43.2 Å². The van der Waals surface area contributed by atoms with Crippen molar-refractivity contribution in [1.82, 2.24) is 4.98 Å². The molecule has 128 valence electrons. The van der Waals surface area contributed by atoms with E-state index in [1.165, 1.54) is 0 Å². The number of rotatable bonds is 3. The molecule has 0 radical (unpaired) electrons. The molecule has 1 aromatic heterocycles. The first kappa shape index (κ1) is 15.6. The van der Waals surface area contributed by atoms with Crippen molar-refractivity contribution in [3.8, 4) is 11.5 Å². The second-order valence-electron chi connectivity index (χ2n) is 6.32. The van der Waals surface area contributed by atoms with E-state index >= 15 is 0 Å². The number of ether oxygens (including phenoxy) is 2. The van der Waals surface area contributed by atoms with E-state index in [0.29, 0.717) is 25.3 Å². The molecule has 0 saturated carbocycles. The molecule has 0 atom stereocenters. The highest BCUT2D eigenvalue weighted by atomic mass is 16.6. The Kier molecular flexibility index (Phi) is 3.84. The fourth-order valence-electron chi connectivity index (χ4n) is 3.10. The molecule has 3 aromatic rings. The van der Waals surface area contributed by atoms with E-state index in [1.54, 1.807) is 0 Å². The summed E-state index contributed by atoms with van der Waals surface area (Å²) in [5.74, 6) is 1.49. The van der Waals surface area contributed by atoms with E-state index in [0.717, 1.165) is 39.2 Å². The third-order valence-corrected chi connectivity index (χ3v) is 4.55. The molecule has 0 spiro atoms. The first-order chi connectivity index (χ1) is 12.1. The average Bonchev–Trinajstić information content (AvgIpc) is 2.63. The molecule has 2 aromatic carbocycles. The Morgan fingerprint density at radius 1 is 1.00 bits per heavy atom. The van der Waals surface area contributed by atoms with Crippen LogP contribution in [0.5, 0.6) is 11.5 Å². The number of hydrogen-bond acceptors (Lipinski definition) is 4. The van der Waals surface area contributed by atoms with Crippen LogP contribution in [0.1, 0.15) is 16.7 Å². The molecular formula is C20H20N2O3. The lowest BCUT2D eigenvalue weighted by atomic mass is 10.0. The molecule has 0 unspecified atom stereocenters. The predicted octanol–water partition coefficient (Wildman–Crippen LogP) is 3.53. The molecular weight excluding hydrogens is 316 g/mol. The predicted molar refractivity (Wildman–Crippen MR) is 98.8 cm³/mol. The second-order valence-corrected chi connectivity index (χ2v) is 6.32. The fourth-order valence-corrected chi connectivity index (χ4v) is 3.10. The number of aromatic amines is 1. The lowest BCUT2D eigenvalue weighted by molar-refractivity contribution is 0.171. The summed E-state index contributed by atoms with van der Waals surface area (Å²) in [6, 6.07) is 11.8. The Labute approximate surface area is 145 Å². The summed E-state index contributed by atoms with van der Waals surface area (Å²) in [7, 11) is 0. The van der Waals surface area contributed by atoms with Crippen molar-refractivity contribution in [3.05, 3.63) is 63.4 Å². The highest BCUT2D eigenvalue weighted by Crippen LogP contribution is 2.32. The molecule has 25 heavy (non-hydrogen) atoms. The Morgan fingerprint density at radius 3 is 2.60 bits per heavy atom. The Balaban J connectivity index is 1.62. The van der Waals surface area contributed by atoms with Crippen molar-refractivity contribution >= 4 is 16.6 Å². The van der Waals surface area contributed by atoms with E-state index in [-0.39, 0.29) is 5.56 Å². The average molecular weight is 336 g/mol. The van der Waals surface area contributed by atoms with Gasteiger partial charge in [0.15, 0.2) is 11.5 Å². The number of aryl methyl sites for hydroxylation is 2. The van der Waals surface area contributed by atoms with Crippen LogP contribution in [0.15, 0.2) is 41.2 Å². The first-order valence-electron chi connectivity index (χ1n) is 8.37. The minimum Gasteiger partial charge on any atom is -0.486 e. The van der Waals surface area contributed by atoms with E-state index in [1.807, 2.05) is 37.3 Å². The fraction of sp³-hybridized carbons (Fsp3) is 0.250. The standard InChI is InChI=1S/C20H20N2O3/c1-12-3-4-13(2)19-16(12)9-14(20(23)22-19)11-21-15-5-6-17-18(10-15)25-8-7-24-17/h3-6,9-10,21H,7-8,11H2,1-2H3,(H,22,23). The Hall–Kier alpha value is -2.95. The van der Waals surface area contributed by atoms with E-state index in [4.69, 9.17) is 9.47 Å². The zero-order chi connectivity index (χ0) is 17.4. The quantitative estimate of drug-likeness (QED) is 0.768. The van der Waals surface area contributed by atoms with Crippen molar-refractivity contribution in [1.29, 1.82) is 0 Å². The van der Waals surface area contributed by atoms with Gasteiger partial charge in [-0.1, -0.05) is 12.1 Å².